The van der Waals surface area contributed by atoms with E-state index in [2.05, 4.69) is 5.32 Å². The molecule has 128 valence electrons. The molecule has 2 N–H and O–H groups in total. The van der Waals surface area contributed by atoms with Crippen molar-refractivity contribution < 1.29 is 14.6 Å². The number of carbonyl (C=O) groups is 1. The molecule has 0 radical (unpaired) electrons. The maximum atomic E-state index is 11.9. The molecule has 0 aliphatic rings. The van der Waals surface area contributed by atoms with Crippen LogP contribution >= 0.6 is 11.3 Å². The number of aromatic hydroxyl groups is 1. The number of amides is 1. The van der Waals surface area contributed by atoms with Crippen LogP contribution in [0, 0.1) is 0 Å². The van der Waals surface area contributed by atoms with Crippen molar-refractivity contribution >= 4 is 22.9 Å². The molecule has 1 aromatic heterocycles. The van der Waals surface area contributed by atoms with E-state index >= 15 is 0 Å². The van der Waals surface area contributed by atoms with Crippen LogP contribution in [0.15, 0.2) is 64.8 Å². The monoisotopic (exact) mass is 356 g/mol. The van der Waals surface area contributed by atoms with Gasteiger partial charge in [0.25, 0.3) is 5.91 Å². The van der Waals surface area contributed by atoms with E-state index in [1.54, 1.807) is 36.4 Å². The van der Waals surface area contributed by atoms with Gasteiger partial charge in [0.1, 0.15) is 5.75 Å². The zero-order chi connectivity index (χ0) is 17.6. The maximum absolute atomic E-state index is 11.9. The van der Waals surface area contributed by atoms with Crippen LogP contribution in [-0.4, -0.2) is 22.2 Å². The molecule has 6 nitrogen and oxygen atoms in total. The lowest BCUT2D eigenvalue weighted by molar-refractivity contribution is -0.118. The highest BCUT2D eigenvalue weighted by molar-refractivity contribution is 7.07. The van der Waals surface area contributed by atoms with E-state index in [4.69, 9.17) is 4.74 Å². The average Bonchev–Trinajstić information content (AvgIpc) is 2.94. The van der Waals surface area contributed by atoms with Gasteiger partial charge >= 0.3 is 4.87 Å². The summed E-state index contributed by atoms with van der Waals surface area (Å²) in [6, 6.07) is 16.2. The van der Waals surface area contributed by atoms with Gasteiger partial charge in [0.05, 0.1) is 11.9 Å². The van der Waals surface area contributed by atoms with Gasteiger partial charge in [0, 0.05) is 5.69 Å². The molecule has 0 unspecified atom stereocenters. The molecule has 7 heteroatoms. The lowest BCUT2D eigenvalue weighted by Gasteiger charge is -2.08. The minimum Gasteiger partial charge on any atom is -0.494 e. The summed E-state index contributed by atoms with van der Waals surface area (Å²) < 4.78 is 6.67. The third kappa shape index (κ3) is 4.48. The first-order valence-corrected chi connectivity index (χ1v) is 8.44. The molecule has 0 aliphatic carbocycles. The van der Waals surface area contributed by atoms with Crippen LogP contribution in [0.4, 0.5) is 5.69 Å². The average molecular weight is 356 g/mol. The molecule has 0 saturated carbocycles. The highest BCUT2D eigenvalue weighted by Crippen LogP contribution is 2.15. The van der Waals surface area contributed by atoms with Crippen molar-refractivity contribution in [3.63, 3.8) is 0 Å². The fourth-order valence-electron chi connectivity index (χ4n) is 2.21. The van der Waals surface area contributed by atoms with Crippen molar-refractivity contribution in [3.05, 3.63) is 75.2 Å². The Kier molecular flexibility index (Phi) is 5.15. The van der Waals surface area contributed by atoms with Gasteiger partial charge < -0.3 is 15.2 Å². The standard InChI is InChI=1S/C18H16N2O4S/c21-16(11-24-15-4-2-1-3-5-15)19-14-8-6-13(7-9-14)10-20-17(22)12-25-18(20)23/h1-9,12,22H,10-11H2,(H,19,21). The predicted molar refractivity (Wildman–Crippen MR) is 96.4 cm³/mol. The normalized spacial score (nSPS) is 10.4. The van der Waals surface area contributed by atoms with E-state index in [0.29, 0.717) is 11.4 Å². The first-order valence-electron chi connectivity index (χ1n) is 7.56. The Morgan fingerprint density at radius 1 is 1.12 bits per heavy atom. The molecule has 1 amide bonds. The summed E-state index contributed by atoms with van der Waals surface area (Å²) in [5, 5.41) is 13.8. The van der Waals surface area contributed by atoms with E-state index in [1.807, 2.05) is 18.2 Å². The van der Waals surface area contributed by atoms with E-state index in [0.717, 1.165) is 16.9 Å². The summed E-state index contributed by atoms with van der Waals surface area (Å²) in [5.41, 5.74) is 1.47. The summed E-state index contributed by atoms with van der Waals surface area (Å²) in [4.78, 5) is 23.3. The largest absolute Gasteiger partial charge is 0.494 e. The first-order chi connectivity index (χ1) is 12.1. The smallest absolute Gasteiger partial charge is 0.310 e. The van der Waals surface area contributed by atoms with E-state index < -0.39 is 0 Å². The quantitative estimate of drug-likeness (QED) is 0.712. The van der Waals surface area contributed by atoms with Gasteiger partial charge in [0.2, 0.25) is 5.88 Å². The minimum atomic E-state index is -0.261. The Hall–Kier alpha value is -3.06. The second-order valence-electron chi connectivity index (χ2n) is 5.29. The van der Waals surface area contributed by atoms with Crippen LogP contribution < -0.4 is 14.9 Å². The molecule has 3 rings (SSSR count). The molecule has 0 bridgehead atoms. The molecule has 0 atom stereocenters. The number of nitrogens with one attached hydrogen (secondary N) is 1. The highest BCUT2D eigenvalue weighted by Gasteiger charge is 2.07. The summed E-state index contributed by atoms with van der Waals surface area (Å²) in [6.07, 6.45) is 0. The number of para-hydroxylation sites is 1. The SMILES string of the molecule is O=C(COc1ccccc1)Nc1ccc(Cn2c(O)csc2=O)cc1. The molecule has 1 heterocycles. The summed E-state index contributed by atoms with van der Waals surface area (Å²) in [7, 11) is 0. The zero-order valence-corrected chi connectivity index (χ0v) is 14.0. The number of aromatic nitrogens is 1. The van der Waals surface area contributed by atoms with Crippen molar-refractivity contribution in [1.82, 2.24) is 4.57 Å². The van der Waals surface area contributed by atoms with Crippen molar-refractivity contribution in [2.24, 2.45) is 0 Å². The molecule has 0 fully saturated rings. The van der Waals surface area contributed by atoms with Crippen LogP contribution in [0.25, 0.3) is 0 Å². The van der Waals surface area contributed by atoms with Crippen LogP contribution in [0.3, 0.4) is 0 Å². The number of carbonyl (C=O) groups excluding carboxylic acids is 1. The van der Waals surface area contributed by atoms with Gasteiger partial charge in [-0.25, -0.2) is 0 Å². The van der Waals surface area contributed by atoms with Crippen molar-refractivity contribution in [1.29, 1.82) is 0 Å². The summed E-state index contributed by atoms with van der Waals surface area (Å²) >= 11 is 0.952. The number of benzene rings is 2. The van der Waals surface area contributed by atoms with Gasteiger partial charge in [-0.1, -0.05) is 41.7 Å². The lowest BCUT2D eigenvalue weighted by atomic mass is 10.2. The second-order valence-corrected chi connectivity index (χ2v) is 6.11. The number of rotatable bonds is 6. The van der Waals surface area contributed by atoms with E-state index in [-0.39, 0.29) is 29.8 Å². The fourth-order valence-corrected chi connectivity index (χ4v) is 2.83. The lowest BCUT2D eigenvalue weighted by Crippen LogP contribution is -2.20. The Balaban J connectivity index is 1.55. The summed E-state index contributed by atoms with van der Waals surface area (Å²) in [6.45, 7) is 0.198. The van der Waals surface area contributed by atoms with Crippen LogP contribution in [-0.2, 0) is 11.3 Å². The van der Waals surface area contributed by atoms with E-state index in [9.17, 15) is 14.7 Å². The molecular weight excluding hydrogens is 340 g/mol. The number of hydrogen-bond acceptors (Lipinski definition) is 5. The van der Waals surface area contributed by atoms with Gasteiger partial charge in [-0.2, -0.15) is 0 Å². The topological polar surface area (TPSA) is 80.6 Å². The molecule has 25 heavy (non-hydrogen) atoms. The van der Waals surface area contributed by atoms with Crippen LogP contribution in [0.2, 0.25) is 0 Å². The van der Waals surface area contributed by atoms with Gasteiger partial charge in [-0.3, -0.25) is 14.2 Å². The molecule has 0 saturated heterocycles. The number of hydrogen-bond donors (Lipinski definition) is 2. The Morgan fingerprint density at radius 2 is 1.84 bits per heavy atom. The molecule has 2 aromatic carbocycles. The number of ether oxygens (including phenoxy) is 1. The molecule has 0 aliphatic heterocycles. The molecular formula is C18H16N2O4S. The number of thiazole rings is 1. The Bertz CT molecular complexity index is 901. The maximum Gasteiger partial charge on any atom is 0.310 e. The Morgan fingerprint density at radius 3 is 2.48 bits per heavy atom. The number of nitrogens with zero attached hydrogens (tertiary/aromatic N) is 1. The van der Waals surface area contributed by atoms with Crippen molar-refractivity contribution in [2.75, 3.05) is 11.9 Å². The third-order valence-corrected chi connectivity index (χ3v) is 4.20. The fraction of sp³-hybridized carbons (Fsp3) is 0.111. The number of anilines is 1. The van der Waals surface area contributed by atoms with Gasteiger partial charge in [0.15, 0.2) is 6.61 Å². The van der Waals surface area contributed by atoms with Gasteiger partial charge in [-0.15, -0.1) is 0 Å². The first kappa shape index (κ1) is 16.8. The third-order valence-electron chi connectivity index (χ3n) is 3.45. The molecule has 3 aromatic rings. The van der Waals surface area contributed by atoms with E-state index in [1.165, 1.54) is 9.95 Å². The second kappa shape index (κ2) is 7.67. The summed E-state index contributed by atoms with van der Waals surface area (Å²) in [5.74, 6) is 0.322. The predicted octanol–water partition coefficient (Wildman–Crippen LogP) is 2.68. The highest BCUT2D eigenvalue weighted by atomic mass is 32.1. The van der Waals surface area contributed by atoms with Crippen molar-refractivity contribution in [2.45, 2.75) is 6.54 Å². The van der Waals surface area contributed by atoms with Crippen LogP contribution in [0.5, 0.6) is 11.6 Å². The zero-order valence-electron chi connectivity index (χ0n) is 13.2. The molecule has 0 spiro atoms. The van der Waals surface area contributed by atoms with Crippen LogP contribution in [0.1, 0.15) is 5.56 Å². The van der Waals surface area contributed by atoms with Gasteiger partial charge in [-0.05, 0) is 29.8 Å². The Labute approximate surface area is 147 Å². The minimum absolute atomic E-state index is 0.0505. The van der Waals surface area contributed by atoms with Crippen molar-refractivity contribution in [3.8, 4) is 11.6 Å².